The van der Waals surface area contributed by atoms with E-state index >= 15 is 0 Å². The van der Waals surface area contributed by atoms with Crippen LogP contribution in [-0.4, -0.2) is 27.8 Å². The molecule has 4 aromatic rings. The Labute approximate surface area is 189 Å². The van der Waals surface area contributed by atoms with E-state index in [1.54, 1.807) is 23.9 Å². The first-order valence-electron chi connectivity index (χ1n) is 10.1. The molecule has 2 aromatic carbocycles. The number of hydrogen-bond acceptors (Lipinski definition) is 6. The summed E-state index contributed by atoms with van der Waals surface area (Å²) in [5, 5.41) is 11.4. The zero-order chi connectivity index (χ0) is 22.1. The van der Waals surface area contributed by atoms with E-state index in [1.807, 2.05) is 48.5 Å². The Kier molecular flexibility index (Phi) is 5.28. The molecular weight excluding hydrogens is 430 g/mol. The van der Waals surface area contributed by atoms with Gasteiger partial charge in [0.1, 0.15) is 5.75 Å². The van der Waals surface area contributed by atoms with Crippen LogP contribution >= 0.6 is 11.6 Å². The number of furan rings is 1. The number of ether oxygens (including phenoxy) is 1. The molecule has 8 nitrogen and oxygen atoms in total. The van der Waals surface area contributed by atoms with Crippen LogP contribution in [0.15, 0.2) is 71.3 Å². The molecule has 32 heavy (non-hydrogen) atoms. The molecule has 2 aromatic heterocycles. The van der Waals surface area contributed by atoms with Crippen LogP contribution < -0.4 is 15.4 Å². The molecule has 0 unspecified atom stereocenters. The summed E-state index contributed by atoms with van der Waals surface area (Å²) in [6.45, 7) is 0. The van der Waals surface area contributed by atoms with E-state index in [9.17, 15) is 4.79 Å². The summed E-state index contributed by atoms with van der Waals surface area (Å²) in [6, 6.07) is 18.7. The summed E-state index contributed by atoms with van der Waals surface area (Å²) < 4.78 is 12.2. The van der Waals surface area contributed by atoms with Crippen LogP contribution in [0.1, 0.15) is 40.2 Å². The predicted octanol–water partition coefficient (Wildman–Crippen LogP) is 4.93. The number of carbonyl (C=O) groups is 1. The van der Waals surface area contributed by atoms with E-state index < -0.39 is 5.91 Å². The van der Waals surface area contributed by atoms with Crippen molar-refractivity contribution in [2.75, 3.05) is 17.7 Å². The summed E-state index contributed by atoms with van der Waals surface area (Å²) in [7, 11) is 1.64. The Morgan fingerprint density at radius 3 is 2.59 bits per heavy atom. The molecule has 0 spiro atoms. The highest BCUT2D eigenvalue weighted by Gasteiger charge is 2.31. The molecule has 3 heterocycles. The Morgan fingerprint density at radius 2 is 1.91 bits per heavy atom. The van der Waals surface area contributed by atoms with E-state index in [2.05, 4.69) is 20.7 Å². The van der Waals surface area contributed by atoms with E-state index in [4.69, 9.17) is 20.8 Å². The van der Waals surface area contributed by atoms with Crippen molar-refractivity contribution in [1.82, 2.24) is 14.8 Å². The fraction of sp³-hybridized carbons (Fsp3) is 0.174. The lowest BCUT2D eigenvalue weighted by Crippen LogP contribution is -2.28. The summed E-state index contributed by atoms with van der Waals surface area (Å²) >= 11 is 6.07. The number of rotatable bonds is 5. The molecular formula is C23H20ClN5O3. The number of aromatic nitrogens is 3. The van der Waals surface area contributed by atoms with Crippen molar-refractivity contribution in [2.45, 2.75) is 18.5 Å². The highest BCUT2D eigenvalue weighted by Crippen LogP contribution is 2.38. The number of carbonyl (C=O) groups excluding carboxylic acids is 1. The summed E-state index contributed by atoms with van der Waals surface area (Å²) in [5.74, 6) is 1.32. The smallest absolute Gasteiger partial charge is 0.293 e. The maximum Gasteiger partial charge on any atom is 0.293 e. The minimum absolute atomic E-state index is 0.00954. The van der Waals surface area contributed by atoms with Gasteiger partial charge < -0.3 is 14.5 Å². The SMILES string of the molecule is COc1ccc([C@@H]2C[C@@H](c3ccc(Cl)cc3)Nc3nc(NC(=O)c4ccco4)nn32)cc1. The third-order valence-electron chi connectivity index (χ3n) is 5.43. The Balaban J connectivity index is 1.49. The first kappa shape index (κ1) is 20.1. The van der Waals surface area contributed by atoms with Crippen molar-refractivity contribution in [2.24, 2.45) is 0 Å². The number of fused-ring (bicyclic) bond motifs is 1. The van der Waals surface area contributed by atoms with Gasteiger partial charge >= 0.3 is 0 Å². The second-order valence-electron chi connectivity index (χ2n) is 7.41. The number of halogens is 1. The van der Waals surface area contributed by atoms with Gasteiger partial charge in [0.2, 0.25) is 5.95 Å². The maximum absolute atomic E-state index is 12.4. The predicted molar refractivity (Wildman–Crippen MR) is 120 cm³/mol. The molecule has 1 aliphatic rings. The minimum Gasteiger partial charge on any atom is -0.497 e. The fourth-order valence-electron chi connectivity index (χ4n) is 3.82. The number of methoxy groups -OCH3 is 1. The number of hydrogen-bond donors (Lipinski definition) is 2. The van der Waals surface area contributed by atoms with E-state index in [0.717, 1.165) is 23.3 Å². The molecule has 0 saturated heterocycles. The lowest BCUT2D eigenvalue weighted by atomic mass is 9.93. The van der Waals surface area contributed by atoms with Crippen LogP contribution in [0.2, 0.25) is 5.02 Å². The summed E-state index contributed by atoms with van der Waals surface area (Å²) in [5.41, 5.74) is 2.14. The minimum atomic E-state index is -0.409. The molecule has 2 atom stereocenters. The van der Waals surface area contributed by atoms with Crippen molar-refractivity contribution in [3.05, 3.63) is 88.8 Å². The van der Waals surface area contributed by atoms with Gasteiger partial charge in [-0.15, -0.1) is 5.10 Å². The summed E-state index contributed by atoms with van der Waals surface area (Å²) in [6.07, 6.45) is 2.18. The molecule has 0 bridgehead atoms. The molecule has 9 heteroatoms. The van der Waals surface area contributed by atoms with Crippen molar-refractivity contribution in [3.8, 4) is 5.75 Å². The number of anilines is 2. The Hall–Kier alpha value is -3.78. The second kappa shape index (κ2) is 8.39. The molecule has 5 rings (SSSR count). The van der Waals surface area contributed by atoms with E-state index in [1.165, 1.54) is 6.26 Å². The average molecular weight is 450 g/mol. The monoisotopic (exact) mass is 449 g/mol. The van der Waals surface area contributed by atoms with Gasteiger partial charge in [0.25, 0.3) is 11.9 Å². The van der Waals surface area contributed by atoms with Gasteiger partial charge in [0.15, 0.2) is 5.76 Å². The van der Waals surface area contributed by atoms with Gasteiger partial charge in [-0.1, -0.05) is 35.9 Å². The topological polar surface area (TPSA) is 94.2 Å². The van der Waals surface area contributed by atoms with Crippen molar-refractivity contribution in [3.63, 3.8) is 0 Å². The normalized spacial score (nSPS) is 17.3. The zero-order valence-corrected chi connectivity index (χ0v) is 17.9. The molecule has 1 amide bonds. The highest BCUT2D eigenvalue weighted by atomic mass is 35.5. The van der Waals surface area contributed by atoms with E-state index in [0.29, 0.717) is 11.0 Å². The molecule has 1 aliphatic heterocycles. The van der Waals surface area contributed by atoms with Gasteiger partial charge in [-0.3, -0.25) is 10.1 Å². The van der Waals surface area contributed by atoms with Crippen LogP contribution in [-0.2, 0) is 0 Å². The first-order valence-corrected chi connectivity index (χ1v) is 10.5. The van der Waals surface area contributed by atoms with Gasteiger partial charge in [-0.25, -0.2) is 4.68 Å². The van der Waals surface area contributed by atoms with Crippen LogP contribution in [0.5, 0.6) is 5.75 Å². The van der Waals surface area contributed by atoms with Gasteiger partial charge in [0, 0.05) is 5.02 Å². The second-order valence-corrected chi connectivity index (χ2v) is 7.84. The molecule has 162 valence electrons. The lowest BCUT2D eigenvalue weighted by molar-refractivity contribution is 0.0995. The third kappa shape index (κ3) is 3.92. The number of amides is 1. The quantitative estimate of drug-likeness (QED) is 0.448. The van der Waals surface area contributed by atoms with Crippen LogP contribution in [0, 0.1) is 0 Å². The number of nitrogens with zero attached hydrogens (tertiary/aromatic N) is 3. The number of benzene rings is 2. The van der Waals surface area contributed by atoms with Gasteiger partial charge in [0.05, 0.1) is 25.5 Å². The zero-order valence-electron chi connectivity index (χ0n) is 17.2. The van der Waals surface area contributed by atoms with Crippen LogP contribution in [0.25, 0.3) is 0 Å². The third-order valence-corrected chi connectivity index (χ3v) is 5.68. The van der Waals surface area contributed by atoms with Crippen LogP contribution in [0.4, 0.5) is 11.9 Å². The van der Waals surface area contributed by atoms with E-state index in [-0.39, 0.29) is 23.8 Å². The average Bonchev–Trinajstić information content (AvgIpc) is 3.49. The highest BCUT2D eigenvalue weighted by molar-refractivity contribution is 6.30. The first-order chi connectivity index (χ1) is 15.6. The molecule has 2 N–H and O–H groups in total. The summed E-state index contributed by atoms with van der Waals surface area (Å²) in [4.78, 5) is 16.9. The standard InChI is InChI=1S/C23H20ClN5O3/c1-31-17-10-6-15(7-11-17)19-13-18(14-4-8-16(24)9-5-14)25-23-27-22(28-29(19)23)26-21(30)20-3-2-12-32-20/h2-12,18-19H,13H2,1H3,(H2,25,26,27,28,30)/t18-,19-/m0/s1. The Morgan fingerprint density at radius 1 is 1.16 bits per heavy atom. The van der Waals surface area contributed by atoms with Crippen molar-refractivity contribution in [1.29, 1.82) is 0 Å². The number of nitrogens with one attached hydrogen (secondary N) is 2. The molecule has 0 aliphatic carbocycles. The molecule has 0 radical (unpaired) electrons. The largest absolute Gasteiger partial charge is 0.497 e. The van der Waals surface area contributed by atoms with Crippen molar-refractivity contribution >= 4 is 29.4 Å². The maximum atomic E-state index is 12.4. The fourth-order valence-corrected chi connectivity index (χ4v) is 3.94. The lowest BCUT2D eigenvalue weighted by Gasteiger charge is -2.31. The molecule has 0 saturated carbocycles. The van der Waals surface area contributed by atoms with Gasteiger partial charge in [-0.2, -0.15) is 4.98 Å². The Bertz CT molecular complexity index is 1220. The molecule has 0 fully saturated rings. The van der Waals surface area contributed by atoms with Gasteiger partial charge in [-0.05, 0) is 53.9 Å². The van der Waals surface area contributed by atoms with Crippen molar-refractivity contribution < 1.29 is 13.9 Å². The van der Waals surface area contributed by atoms with Crippen LogP contribution in [0.3, 0.4) is 0 Å².